The van der Waals surface area contributed by atoms with Gasteiger partial charge in [0.1, 0.15) is 11.7 Å². The lowest BCUT2D eigenvalue weighted by molar-refractivity contribution is -0.120. The summed E-state index contributed by atoms with van der Waals surface area (Å²) in [6.45, 7) is 7.65. The van der Waals surface area contributed by atoms with Crippen molar-refractivity contribution < 1.29 is 9.59 Å². The van der Waals surface area contributed by atoms with Gasteiger partial charge in [0, 0.05) is 16.7 Å². The predicted molar refractivity (Wildman–Crippen MR) is 77.8 cm³/mol. The van der Waals surface area contributed by atoms with Gasteiger partial charge in [-0.1, -0.05) is 13.8 Å². The Labute approximate surface area is 121 Å². The number of aromatic nitrogens is 1. The number of nitrogens with two attached hydrogens (primary N) is 1. The molecule has 1 rings (SSSR count). The molecule has 5 nitrogen and oxygen atoms in total. The maximum atomic E-state index is 12.2. The van der Waals surface area contributed by atoms with Crippen LogP contribution in [0.2, 0.25) is 0 Å². The molecule has 0 fully saturated rings. The SMILES string of the molecule is CC(C)C(NC(=O)c1cc(Br)cn1C(C)C)C(N)=O. The zero-order valence-electron chi connectivity index (χ0n) is 11.6. The van der Waals surface area contributed by atoms with Gasteiger partial charge in [0.25, 0.3) is 5.91 Å². The van der Waals surface area contributed by atoms with Crippen molar-refractivity contribution in [3.05, 3.63) is 22.4 Å². The topological polar surface area (TPSA) is 77.1 Å². The number of amides is 2. The number of rotatable bonds is 5. The van der Waals surface area contributed by atoms with Crippen LogP contribution < -0.4 is 11.1 Å². The van der Waals surface area contributed by atoms with E-state index < -0.39 is 11.9 Å². The van der Waals surface area contributed by atoms with Crippen LogP contribution in [-0.4, -0.2) is 22.4 Å². The Morgan fingerprint density at radius 1 is 1.32 bits per heavy atom. The van der Waals surface area contributed by atoms with Crippen LogP contribution in [0.4, 0.5) is 0 Å². The molecule has 1 aromatic heterocycles. The zero-order valence-corrected chi connectivity index (χ0v) is 13.2. The van der Waals surface area contributed by atoms with Crippen LogP contribution >= 0.6 is 15.9 Å². The number of primary amides is 1. The summed E-state index contributed by atoms with van der Waals surface area (Å²) in [6, 6.07) is 1.22. The second kappa shape index (κ2) is 6.23. The number of carbonyl (C=O) groups is 2. The van der Waals surface area contributed by atoms with Gasteiger partial charge in [-0.05, 0) is 41.8 Å². The lowest BCUT2D eigenvalue weighted by Gasteiger charge is -2.20. The molecule has 1 atom stereocenters. The van der Waals surface area contributed by atoms with Crippen LogP contribution in [0.25, 0.3) is 0 Å². The first-order valence-electron chi connectivity index (χ1n) is 6.21. The van der Waals surface area contributed by atoms with Gasteiger partial charge < -0.3 is 15.6 Å². The molecule has 3 N–H and O–H groups in total. The molecule has 0 radical (unpaired) electrons. The Kier molecular flexibility index (Phi) is 5.17. The zero-order chi connectivity index (χ0) is 14.7. The smallest absolute Gasteiger partial charge is 0.268 e. The first kappa shape index (κ1) is 15.8. The average Bonchev–Trinajstić information content (AvgIpc) is 2.67. The summed E-state index contributed by atoms with van der Waals surface area (Å²) in [5.41, 5.74) is 5.81. The largest absolute Gasteiger partial charge is 0.368 e. The van der Waals surface area contributed by atoms with Gasteiger partial charge in [-0.25, -0.2) is 0 Å². The molecule has 0 aromatic carbocycles. The predicted octanol–water partition coefficient (Wildman–Crippen LogP) is 2.07. The third kappa shape index (κ3) is 3.83. The number of nitrogens with one attached hydrogen (secondary N) is 1. The van der Waals surface area contributed by atoms with Gasteiger partial charge in [-0.15, -0.1) is 0 Å². The normalized spacial score (nSPS) is 12.8. The van der Waals surface area contributed by atoms with Crippen molar-refractivity contribution in [2.45, 2.75) is 39.8 Å². The Morgan fingerprint density at radius 3 is 2.32 bits per heavy atom. The fraction of sp³-hybridized carbons (Fsp3) is 0.538. The highest BCUT2D eigenvalue weighted by molar-refractivity contribution is 9.10. The van der Waals surface area contributed by atoms with Crippen molar-refractivity contribution in [1.82, 2.24) is 9.88 Å². The van der Waals surface area contributed by atoms with E-state index >= 15 is 0 Å². The molecule has 2 amide bonds. The Morgan fingerprint density at radius 2 is 1.89 bits per heavy atom. The third-order valence-electron chi connectivity index (χ3n) is 2.86. The van der Waals surface area contributed by atoms with Crippen LogP contribution in [0.5, 0.6) is 0 Å². The third-order valence-corrected chi connectivity index (χ3v) is 3.30. The van der Waals surface area contributed by atoms with Gasteiger partial charge in [-0.2, -0.15) is 0 Å². The van der Waals surface area contributed by atoms with E-state index in [4.69, 9.17) is 5.73 Å². The highest BCUT2D eigenvalue weighted by Gasteiger charge is 2.24. The summed E-state index contributed by atoms with van der Waals surface area (Å²) in [5, 5.41) is 2.69. The van der Waals surface area contributed by atoms with E-state index in [0.29, 0.717) is 5.69 Å². The number of nitrogens with zero attached hydrogens (tertiary/aromatic N) is 1. The minimum absolute atomic E-state index is 0.0487. The maximum absolute atomic E-state index is 12.2. The van der Waals surface area contributed by atoms with E-state index in [9.17, 15) is 9.59 Å². The summed E-state index contributed by atoms with van der Waals surface area (Å²) in [5.74, 6) is -0.866. The fourth-order valence-corrected chi connectivity index (χ4v) is 2.27. The molecule has 0 bridgehead atoms. The van der Waals surface area contributed by atoms with E-state index in [2.05, 4.69) is 21.2 Å². The van der Waals surface area contributed by atoms with Crippen LogP contribution in [0.15, 0.2) is 16.7 Å². The van der Waals surface area contributed by atoms with Gasteiger partial charge in [0.05, 0.1) is 0 Å². The first-order valence-corrected chi connectivity index (χ1v) is 7.01. The van der Waals surface area contributed by atoms with Gasteiger partial charge in [0.15, 0.2) is 0 Å². The molecule has 19 heavy (non-hydrogen) atoms. The molecular formula is C13H20BrN3O2. The quantitative estimate of drug-likeness (QED) is 0.867. The van der Waals surface area contributed by atoms with Crippen molar-refractivity contribution in [2.24, 2.45) is 11.7 Å². The molecule has 106 valence electrons. The van der Waals surface area contributed by atoms with Crippen molar-refractivity contribution in [3.63, 3.8) is 0 Å². The standard InChI is InChI=1S/C13H20BrN3O2/c1-7(2)11(12(15)18)16-13(19)10-5-9(14)6-17(10)8(3)4/h5-8,11H,1-4H3,(H2,15,18)(H,16,19). The van der Waals surface area contributed by atoms with Crippen LogP contribution in [-0.2, 0) is 4.79 Å². The molecule has 0 saturated carbocycles. The highest BCUT2D eigenvalue weighted by atomic mass is 79.9. The number of halogens is 1. The maximum Gasteiger partial charge on any atom is 0.268 e. The van der Waals surface area contributed by atoms with E-state index in [1.54, 1.807) is 6.07 Å². The molecule has 0 aliphatic heterocycles. The van der Waals surface area contributed by atoms with Gasteiger partial charge >= 0.3 is 0 Å². The summed E-state index contributed by atoms with van der Waals surface area (Å²) in [7, 11) is 0. The minimum Gasteiger partial charge on any atom is -0.368 e. The number of carbonyl (C=O) groups excluding carboxylic acids is 2. The fourth-order valence-electron chi connectivity index (χ4n) is 1.84. The molecule has 1 aromatic rings. The Bertz CT molecular complexity index is 480. The average molecular weight is 330 g/mol. The lowest BCUT2D eigenvalue weighted by atomic mass is 10.0. The monoisotopic (exact) mass is 329 g/mol. The molecule has 6 heteroatoms. The van der Waals surface area contributed by atoms with E-state index in [-0.39, 0.29) is 17.9 Å². The van der Waals surface area contributed by atoms with Gasteiger partial charge in [-0.3, -0.25) is 9.59 Å². The van der Waals surface area contributed by atoms with E-state index in [1.165, 1.54) is 0 Å². The van der Waals surface area contributed by atoms with Gasteiger partial charge in [0.2, 0.25) is 5.91 Å². The Balaban J connectivity index is 2.98. The highest BCUT2D eigenvalue weighted by Crippen LogP contribution is 2.19. The minimum atomic E-state index is -0.665. The Hall–Kier alpha value is -1.30. The molecule has 1 heterocycles. The molecule has 0 spiro atoms. The van der Waals surface area contributed by atoms with Crippen LogP contribution in [0, 0.1) is 5.92 Å². The van der Waals surface area contributed by atoms with Crippen LogP contribution in [0.1, 0.15) is 44.2 Å². The van der Waals surface area contributed by atoms with E-state index in [1.807, 2.05) is 38.5 Å². The lowest BCUT2D eigenvalue weighted by Crippen LogP contribution is -2.48. The summed E-state index contributed by atoms with van der Waals surface area (Å²) < 4.78 is 2.67. The second-order valence-corrected chi connectivity index (χ2v) is 6.06. The molecule has 0 aliphatic carbocycles. The number of hydrogen-bond donors (Lipinski definition) is 2. The summed E-state index contributed by atoms with van der Waals surface area (Å²) >= 11 is 3.35. The van der Waals surface area contributed by atoms with Crippen molar-refractivity contribution in [1.29, 1.82) is 0 Å². The molecule has 1 unspecified atom stereocenters. The summed E-state index contributed by atoms with van der Waals surface area (Å²) in [6.07, 6.45) is 1.84. The second-order valence-electron chi connectivity index (χ2n) is 5.14. The van der Waals surface area contributed by atoms with Crippen LogP contribution in [0.3, 0.4) is 0 Å². The van der Waals surface area contributed by atoms with E-state index in [0.717, 1.165) is 4.47 Å². The van der Waals surface area contributed by atoms with Crippen molar-refractivity contribution >= 4 is 27.7 Å². The molecule has 0 aliphatic rings. The first-order chi connectivity index (χ1) is 8.73. The van der Waals surface area contributed by atoms with Crippen molar-refractivity contribution in [3.8, 4) is 0 Å². The molecular weight excluding hydrogens is 310 g/mol. The summed E-state index contributed by atoms with van der Waals surface area (Å²) in [4.78, 5) is 23.6. The molecule has 0 saturated heterocycles. The number of hydrogen-bond acceptors (Lipinski definition) is 2. The van der Waals surface area contributed by atoms with Crippen molar-refractivity contribution in [2.75, 3.05) is 0 Å².